The molecule has 13 heteroatoms. The average Bonchev–Trinajstić information content (AvgIpc) is 2.85. The number of nitro benzene ring substituents is 2. The van der Waals surface area contributed by atoms with Gasteiger partial charge >= 0.3 is 0 Å². The summed E-state index contributed by atoms with van der Waals surface area (Å²) in [6.45, 7) is 1.38. The van der Waals surface area contributed by atoms with Gasteiger partial charge in [-0.3, -0.25) is 25.0 Å². The molecule has 0 spiro atoms. The fourth-order valence-electron chi connectivity index (χ4n) is 2.84. The molecule has 0 aromatic heterocycles. The lowest BCUT2D eigenvalue weighted by Crippen LogP contribution is -2.04. The smallest absolute Gasteiger partial charge is 0.286 e. The van der Waals surface area contributed by atoms with Crippen LogP contribution in [0.15, 0.2) is 41.3 Å². The summed E-state index contributed by atoms with van der Waals surface area (Å²) in [5, 5.41) is 22.9. The molecule has 0 aliphatic heterocycles. The van der Waals surface area contributed by atoms with Gasteiger partial charge < -0.3 is 0 Å². The summed E-state index contributed by atoms with van der Waals surface area (Å²) in [4.78, 5) is 32.9. The van der Waals surface area contributed by atoms with Crippen LogP contribution >= 0.6 is 11.8 Å². The van der Waals surface area contributed by atoms with E-state index < -0.39 is 67.0 Å². The normalized spacial score (nSPS) is 10.1. The van der Waals surface area contributed by atoms with Gasteiger partial charge in [-0.25, -0.2) is 22.0 Å². The molecule has 3 aromatic carbocycles. The maximum Gasteiger partial charge on any atom is 0.286 e. The van der Waals surface area contributed by atoms with Gasteiger partial charge in [0.1, 0.15) is 16.7 Å². The third kappa shape index (κ3) is 5.91. The van der Waals surface area contributed by atoms with Crippen molar-refractivity contribution in [2.24, 2.45) is 0 Å². The summed E-state index contributed by atoms with van der Waals surface area (Å²) < 4.78 is 67.8. The van der Waals surface area contributed by atoms with E-state index >= 15 is 0 Å². The highest BCUT2D eigenvalue weighted by molar-refractivity contribution is 8.13. The molecule has 0 radical (unpaired) electrons. The topological polar surface area (TPSA) is 103 Å². The Kier molecular flexibility index (Phi) is 7.90. The lowest BCUT2D eigenvalue weighted by atomic mass is 10.1. The second-order valence-corrected chi connectivity index (χ2v) is 8.21. The van der Waals surface area contributed by atoms with Crippen LogP contribution < -0.4 is 0 Å². The van der Waals surface area contributed by atoms with Gasteiger partial charge in [0.25, 0.3) is 11.4 Å². The molecule has 0 fully saturated rings. The van der Waals surface area contributed by atoms with E-state index in [1.165, 1.54) is 19.1 Å². The molecule has 3 rings (SSSR count). The molecule has 186 valence electrons. The quantitative estimate of drug-likeness (QED) is 0.0823. The SMILES string of the molecule is CC(=O)Sc1ccc(C#Cc2cc([N+](=O)[O-])c(C#Cc3c(F)c(F)c(F)c(F)c3F)cc2[N+](=O)[O-])cc1. The average molecular weight is 532 g/mol. The van der Waals surface area contributed by atoms with Gasteiger partial charge in [0.05, 0.1) is 9.85 Å². The Morgan fingerprint density at radius 1 is 0.730 bits per heavy atom. The summed E-state index contributed by atoms with van der Waals surface area (Å²) in [6.07, 6.45) is 0. The molecule has 0 unspecified atom stereocenters. The Morgan fingerprint density at radius 3 is 1.59 bits per heavy atom. The summed E-state index contributed by atoms with van der Waals surface area (Å²) >= 11 is 0.970. The van der Waals surface area contributed by atoms with E-state index in [0.29, 0.717) is 22.6 Å². The zero-order valence-corrected chi connectivity index (χ0v) is 19.0. The number of carbonyl (C=O) groups excluding carboxylic acids is 1. The van der Waals surface area contributed by atoms with Crippen LogP contribution in [-0.2, 0) is 4.79 Å². The zero-order valence-electron chi connectivity index (χ0n) is 18.2. The van der Waals surface area contributed by atoms with Crippen molar-refractivity contribution in [1.82, 2.24) is 0 Å². The van der Waals surface area contributed by atoms with Crippen LogP contribution in [-0.4, -0.2) is 15.0 Å². The fraction of sp³-hybridized carbons (Fsp3) is 0.0417. The fourth-order valence-corrected chi connectivity index (χ4v) is 3.44. The molecule has 0 saturated heterocycles. The minimum Gasteiger partial charge on any atom is -0.287 e. The van der Waals surface area contributed by atoms with Gasteiger partial charge in [-0.15, -0.1) is 0 Å². The Balaban J connectivity index is 2.11. The van der Waals surface area contributed by atoms with Gasteiger partial charge in [0.2, 0.25) is 5.82 Å². The number of hydrogen-bond acceptors (Lipinski definition) is 6. The summed E-state index contributed by atoms with van der Waals surface area (Å²) in [5.41, 5.74) is -3.95. The van der Waals surface area contributed by atoms with Gasteiger partial charge in [0, 0.05) is 29.5 Å². The summed E-state index contributed by atoms with van der Waals surface area (Å²) in [6, 6.07) is 7.49. The van der Waals surface area contributed by atoms with Gasteiger partial charge in [0.15, 0.2) is 28.4 Å². The molecule has 0 bridgehead atoms. The highest BCUT2D eigenvalue weighted by atomic mass is 32.2. The van der Waals surface area contributed by atoms with Crippen molar-refractivity contribution in [1.29, 1.82) is 0 Å². The van der Waals surface area contributed by atoms with E-state index in [0.717, 1.165) is 11.8 Å². The number of nitrogens with zero attached hydrogens (tertiary/aromatic N) is 2. The lowest BCUT2D eigenvalue weighted by Gasteiger charge is -2.03. The first-order valence-electron chi connectivity index (χ1n) is 9.71. The molecule has 3 aromatic rings. The number of hydrogen-bond donors (Lipinski definition) is 0. The van der Waals surface area contributed by atoms with Crippen LogP contribution in [0.25, 0.3) is 0 Å². The molecular formula is C24H9F5N2O5S. The maximum atomic E-state index is 13.9. The molecule has 0 atom stereocenters. The van der Waals surface area contributed by atoms with Crippen LogP contribution in [0.1, 0.15) is 29.2 Å². The predicted molar refractivity (Wildman–Crippen MR) is 121 cm³/mol. The Hall–Kier alpha value is -4.75. The number of thioether (sulfide) groups is 1. The van der Waals surface area contributed by atoms with E-state index in [1.54, 1.807) is 18.1 Å². The standard InChI is InChI=1S/C24H9F5N2O5S/c1-12(32)37-16-7-3-13(4-8-16)2-5-14-10-19(31(35)36)15(11-18(14)30(33)34)6-9-17-20(25)22(27)24(29)23(28)21(17)26/h3-4,7-8,10-11H,1H3. The third-order valence-corrected chi connectivity index (χ3v) is 5.29. The Bertz CT molecular complexity index is 1570. The van der Waals surface area contributed by atoms with Crippen molar-refractivity contribution in [2.45, 2.75) is 11.8 Å². The predicted octanol–water partition coefficient (Wildman–Crippen LogP) is 5.64. The van der Waals surface area contributed by atoms with Crippen molar-refractivity contribution in [2.75, 3.05) is 0 Å². The third-order valence-electron chi connectivity index (χ3n) is 4.50. The summed E-state index contributed by atoms with van der Waals surface area (Å²) in [5.74, 6) is -2.99. The van der Waals surface area contributed by atoms with Crippen LogP contribution in [0.4, 0.5) is 33.3 Å². The second kappa shape index (κ2) is 10.9. The minimum atomic E-state index is -2.42. The monoisotopic (exact) mass is 532 g/mol. The highest BCUT2D eigenvalue weighted by Crippen LogP contribution is 2.29. The number of rotatable bonds is 3. The largest absolute Gasteiger partial charge is 0.287 e. The molecule has 0 aliphatic carbocycles. The van der Waals surface area contributed by atoms with E-state index in [4.69, 9.17) is 0 Å². The summed E-state index contributed by atoms with van der Waals surface area (Å²) in [7, 11) is 0. The van der Waals surface area contributed by atoms with Crippen molar-refractivity contribution in [3.63, 3.8) is 0 Å². The van der Waals surface area contributed by atoms with Crippen molar-refractivity contribution >= 4 is 28.3 Å². The molecule has 0 amide bonds. The van der Waals surface area contributed by atoms with Gasteiger partial charge in [-0.2, -0.15) is 0 Å². The Morgan fingerprint density at radius 2 is 1.16 bits per heavy atom. The van der Waals surface area contributed by atoms with Crippen LogP contribution in [0.5, 0.6) is 0 Å². The van der Waals surface area contributed by atoms with Crippen LogP contribution in [0.2, 0.25) is 0 Å². The van der Waals surface area contributed by atoms with E-state index in [9.17, 15) is 47.0 Å². The number of carbonyl (C=O) groups is 1. The van der Waals surface area contributed by atoms with Crippen molar-refractivity contribution in [3.05, 3.63) is 108 Å². The van der Waals surface area contributed by atoms with Gasteiger partial charge in [-0.1, -0.05) is 35.4 Å². The van der Waals surface area contributed by atoms with Crippen LogP contribution in [0, 0.1) is 73.0 Å². The van der Waals surface area contributed by atoms with Crippen LogP contribution in [0.3, 0.4) is 0 Å². The highest BCUT2D eigenvalue weighted by Gasteiger charge is 2.26. The van der Waals surface area contributed by atoms with Crippen molar-refractivity contribution in [3.8, 4) is 23.7 Å². The van der Waals surface area contributed by atoms with E-state index in [1.807, 2.05) is 5.92 Å². The first kappa shape index (κ1) is 26.8. The van der Waals surface area contributed by atoms with Crippen molar-refractivity contribution < 1.29 is 36.6 Å². The lowest BCUT2D eigenvalue weighted by molar-refractivity contribution is -0.389. The molecule has 0 aliphatic rings. The first-order chi connectivity index (χ1) is 17.4. The number of benzene rings is 3. The maximum absolute atomic E-state index is 13.9. The van der Waals surface area contributed by atoms with E-state index in [-0.39, 0.29) is 5.12 Å². The molecule has 37 heavy (non-hydrogen) atoms. The van der Waals surface area contributed by atoms with E-state index in [2.05, 4.69) is 11.8 Å². The zero-order chi connectivity index (χ0) is 27.4. The Labute approximate surface area is 208 Å². The first-order valence-corrected chi connectivity index (χ1v) is 10.5. The molecule has 7 nitrogen and oxygen atoms in total. The minimum absolute atomic E-state index is 0.148. The second-order valence-electron chi connectivity index (χ2n) is 6.96. The molecule has 0 saturated carbocycles. The molecule has 0 N–H and O–H groups in total. The number of nitro groups is 2. The molecular weight excluding hydrogens is 523 g/mol. The van der Waals surface area contributed by atoms with Gasteiger partial charge in [-0.05, 0) is 24.3 Å². The molecule has 0 heterocycles. The number of halogens is 5.